The summed E-state index contributed by atoms with van der Waals surface area (Å²) in [6, 6.07) is 11.9. The lowest BCUT2D eigenvalue weighted by atomic mass is 10.0. The zero-order valence-corrected chi connectivity index (χ0v) is 18.5. The molecule has 0 bridgehead atoms. The standard InChI is InChI=1S/C23H24N2O5S/c1-15-12-21(29-3)22(13-16(15)2)31(27,28)24-18-8-9-19-17(14-18)6-4-10-25(19)23(26)20-7-5-11-30-20/h5,7-9,11-14,24H,4,6,10H2,1-3H3. The number of furan rings is 1. The number of benzene rings is 2. The van der Waals surface area contributed by atoms with Crippen LogP contribution in [-0.2, 0) is 16.4 Å². The number of amides is 1. The van der Waals surface area contributed by atoms with E-state index in [1.807, 2.05) is 13.8 Å². The minimum Gasteiger partial charge on any atom is -0.495 e. The highest BCUT2D eigenvalue weighted by Crippen LogP contribution is 2.33. The Morgan fingerprint density at radius 1 is 1.13 bits per heavy atom. The van der Waals surface area contributed by atoms with Crippen LogP contribution in [0.5, 0.6) is 5.75 Å². The second kappa shape index (κ2) is 8.11. The lowest BCUT2D eigenvalue weighted by molar-refractivity contribution is 0.0958. The molecule has 0 atom stereocenters. The van der Waals surface area contributed by atoms with Gasteiger partial charge in [0.1, 0.15) is 10.6 Å². The van der Waals surface area contributed by atoms with Crippen molar-refractivity contribution in [3.63, 3.8) is 0 Å². The average Bonchev–Trinajstić information content (AvgIpc) is 3.28. The van der Waals surface area contributed by atoms with Crippen LogP contribution in [0.4, 0.5) is 11.4 Å². The molecule has 0 fully saturated rings. The molecule has 1 aliphatic heterocycles. The van der Waals surface area contributed by atoms with Crippen molar-refractivity contribution in [2.45, 2.75) is 31.6 Å². The third kappa shape index (κ3) is 4.03. The predicted octanol–water partition coefficient (Wildman–Crippen LogP) is 4.30. The fraction of sp³-hybridized carbons (Fsp3) is 0.261. The molecule has 7 nitrogen and oxygen atoms in total. The zero-order valence-electron chi connectivity index (χ0n) is 17.6. The van der Waals surface area contributed by atoms with Crippen LogP contribution in [0.3, 0.4) is 0 Å². The summed E-state index contributed by atoms with van der Waals surface area (Å²) in [5, 5.41) is 0. The Hall–Kier alpha value is -3.26. The second-order valence-corrected chi connectivity index (χ2v) is 9.22. The molecule has 0 unspecified atom stereocenters. The number of nitrogens with zero attached hydrogens (tertiary/aromatic N) is 1. The highest BCUT2D eigenvalue weighted by molar-refractivity contribution is 7.92. The third-order valence-electron chi connectivity index (χ3n) is 5.50. The van der Waals surface area contributed by atoms with Gasteiger partial charge in [0.15, 0.2) is 5.76 Å². The maximum absolute atomic E-state index is 13.1. The number of hydrogen-bond acceptors (Lipinski definition) is 5. The number of methoxy groups -OCH3 is 1. The summed E-state index contributed by atoms with van der Waals surface area (Å²) in [5.41, 5.74) is 3.91. The van der Waals surface area contributed by atoms with E-state index in [0.29, 0.717) is 18.0 Å². The van der Waals surface area contributed by atoms with Crippen LogP contribution in [0.2, 0.25) is 0 Å². The van der Waals surface area contributed by atoms with Gasteiger partial charge in [-0.3, -0.25) is 9.52 Å². The van der Waals surface area contributed by atoms with Gasteiger partial charge < -0.3 is 14.1 Å². The van der Waals surface area contributed by atoms with Gasteiger partial charge >= 0.3 is 0 Å². The molecule has 2 heterocycles. The van der Waals surface area contributed by atoms with Crippen molar-refractivity contribution in [2.24, 2.45) is 0 Å². The van der Waals surface area contributed by atoms with Crippen LogP contribution in [0, 0.1) is 13.8 Å². The van der Waals surface area contributed by atoms with Crippen LogP contribution < -0.4 is 14.4 Å². The molecule has 4 rings (SSSR count). The Kier molecular flexibility index (Phi) is 5.49. The van der Waals surface area contributed by atoms with E-state index in [1.54, 1.807) is 47.4 Å². The number of fused-ring (bicyclic) bond motifs is 1. The number of rotatable bonds is 5. The van der Waals surface area contributed by atoms with Crippen LogP contribution in [0.25, 0.3) is 0 Å². The summed E-state index contributed by atoms with van der Waals surface area (Å²) >= 11 is 0. The minimum absolute atomic E-state index is 0.0884. The maximum Gasteiger partial charge on any atom is 0.293 e. The first kappa shape index (κ1) is 21.0. The molecule has 1 amide bonds. The van der Waals surface area contributed by atoms with Crippen molar-refractivity contribution in [3.8, 4) is 5.75 Å². The van der Waals surface area contributed by atoms with E-state index >= 15 is 0 Å². The second-order valence-electron chi connectivity index (χ2n) is 7.57. The number of nitrogens with one attached hydrogen (secondary N) is 1. The van der Waals surface area contributed by atoms with E-state index in [4.69, 9.17) is 9.15 Å². The first-order valence-electron chi connectivity index (χ1n) is 9.96. The van der Waals surface area contributed by atoms with Crippen molar-refractivity contribution >= 4 is 27.3 Å². The molecule has 0 saturated carbocycles. The third-order valence-corrected chi connectivity index (χ3v) is 6.90. The van der Waals surface area contributed by atoms with Gasteiger partial charge in [-0.05, 0) is 85.8 Å². The van der Waals surface area contributed by atoms with Crippen molar-refractivity contribution in [3.05, 3.63) is 71.2 Å². The maximum atomic E-state index is 13.1. The molecular formula is C23H24N2O5S. The topological polar surface area (TPSA) is 88.9 Å². The molecule has 3 aromatic rings. The Labute approximate surface area is 181 Å². The van der Waals surface area contributed by atoms with Gasteiger partial charge in [-0.1, -0.05) is 0 Å². The summed E-state index contributed by atoms with van der Waals surface area (Å²) in [4.78, 5) is 14.5. The van der Waals surface area contributed by atoms with Crippen LogP contribution >= 0.6 is 0 Å². The van der Waals surface area contributed by atoms with Gasteiger partial charge in [0, 0.05) is 17.9 Å². The molecule has 0 aliphatic carbocycles. The summed E-state index contributed by atoms with van der Waals surface area (Å²) in [6.07, 6.45) is 3.00. The fourth-order valence-electron chi connectivity index (χ4n) is 3.75. The van der Waals surface area contributed by atoms with Crippen molar-refractivity contribution < 1.29 is 22.4 Å². The quantitative estimate of drug-likeness (QED) is 0.639. The summed E-state index contributed by atoms with van der Waals surface area (Å²) in [7, 11) is -2.41. The van der Waals surface area contributed by atoms with Gasteiger partial charge in [-0.25, -0.2) is 8.42 Å². The fourth-order valence-corrected chi connectivity index (χ4v) is 5.03. The molecule has 8 heteroatoms. The number of anilines is 2. The first-order chi connectivity index (χ1) is 14.8. The summed E-state index contributed by atoms with van der Waals surface area (Å²) in [6.45, 7) is 4.34. The number of carbonyl (C=O) groups excluding carboxylic acids is 1. The Morgan fingerprint density at radius 2 is 1.90 bits per heavy atom. The van der Waals surface area contributed by atoms with Crippen LogP contribution in [0.1, 0.15) is 33.7 Å². The molecule has 162 valence electrons. The van der Waals surface area contributed by atoms with E-state index < -0.39 is 10.0 Å². The van der Waals surface area contributed by atoms with Gasteiger partial charge in [0.05, 0.1) is 13.4 Å². The van der Waals surface area contributed by atoms with Crippen molar-refractivity contribution in [2.75, 3.05) is 23.3 Å². The number of sulfonamides is 1. The normalized spacial score (nSPS) is 13.6. The monoisotopic (exact) mass is 440 g/mol. The Morgan fingerprint density at radius 3 is 2.61 bits per heavy atom. The number of carbonyl (C=O) groups is 1. The number of aryl methyl sites for hydroxylation is 3. The molecule has 1 aromatic heterocycles. The molecular weight excluding hydrogens is 416 g/mol. The lowest BCUT2D eigenvalue weighted by Crippen LogP contribution is -2.35. The SMILES string of the molecule is COc1cc(C)c(C)cc1S(=O)(=O)Nc1ccc2c(c1)CCCN2C(=O)c1ccco1. The largest absolute Gasteiger partial charge is 0.495 e. The van der Waals surface area contributed by atoms with E-state index in [0.717, 1.165) is 35.2 Å². The van der Waals surface area contributed by atoms with Crippen molar-refractivity contribution in [1.29, 1.82) is 0 Å². The van der Waals surface area contributed by atoms with E-state index in [-0.39, 0.29) is 16.6 Å². The van der Waals surface area contributed by atoms with Gasteiger partial charge in [-0.2, -0.15) is 0 Å². The smallest absolute Gasteiger partial charge is 0.293 e. The minimum atomic E-state index is -3.86. The number of hydrogen-bond donors (Lipinski definition) is 1. The first-order valence-corrected chi connectivity index (χ1v) is 11.4. The van der Waals surface area contributed by atoms with Gasteiger partial charge in [0.2, 0.25) is 0 Å². The molecule has 31 heavy (non-hydrogen) atoms. The molecule has 0 saturated heterocycles. The highest BCUT2D eigenvalue weighted by Gasteiger charge is 2.26. The van der Waals surface area contributed by atoms with E-state index in [1.165, 1.54) is 13.4 Å². The molecule has 0 spiro atoms. The average molecular weight is 441 g/mol. The Balaban J connectivity index is 1.64. The Bertz CT molecular complexity index is 1230. The molecule has 1 N–H and O–H groups in total. The van der Waals surface area contributed by atoms with Crippen LogP contribution in [0.15, 0.2) is 58.0 Å². The van der Waals surface area contributed by atoms with E-state index in [9.17, 15) is 13.2 Å². The van der Waals surface area contributed by atoms with Crippen molar-refractivity contribution in [1.82, 2.24) is 0 Å². The number of ether oxygens (including phenoxy) is 1. The summed E-state index contributed by atoms with van der Waals surface area (Å²) < 4.78 is 39.3. The molecule has 2 aromatic carbocycles. The van der Waals surface area contributed by atoms with E-state index in [2.05, 4.69) is 4.72 Å². The summed E-state index contributed by atoms with van der Waals surface area (Å²) in [5.74, 6) is 0.363. The van der Waals surface area contributed by atoms with Crippen LogP contribution in [-0.4, -0.2) is 28.0 Å². The predicted molar refractivity (Wildman–Crippen MR) is 118 cm³/mol. The molecule has 1 aliphatic rings. The van der Waals surface area contributed by atoms with Gasteiger partial charge in [-0.15, -0.1) is 0 Å². The molecule has 0 radical (unpaired) electrons. The highest BCUT2D eigenvalue weighted by atomic mass is 32.2. The van der Waals surface area contributed by atoms with Gasteiger partial charge in [0.25, 0.3) is 15.9 Å². The zero-order chi connectivity index (χ0) is 22.2. The lowest BCUT2D eigenvalue weighted by Gasteiger charge is -2.29.